The van der Waals surface area contributed by atoms with Crippen LogP contribution in [0.15, 0.2) is 5.38 Å². The molecule has 6 heteroatoms. The first-order chi connectivity index (χ1) is 7.54. The second-order valence-electron chi connectivity index (χ2n) is 3.76. The summed E-state index contributed by atoms with van der Waals surface area (Å²) in [5.74, 6) is -0.0330. The zero-order valence-electron chi connectivity index (χ0n) is 9.51. The van der Waals surface area contributed by atoms with E-state index in [0.717, 1.165) is 0 Å². The largest absolute Gasteiger partial charge is 0.395 e. The number of hydrogen-bond donors (Lipinski definition) is 2. The molecule has 5 nitrogen and oxygen atoms in total. The average Bonchev–Trinajstić information content (AvgIpc) is 2.59. The molecule has 1 rings (SSSR count). The van der Waals surface area contributed by atoms with Gasteiger partial charge in [-0.15, -0.1) is 11.3 Å². The number of hydrogen-bond acceptors (Lipinski definition) is 5. The first-order valence-electron chi connectivity index (χ1n) is 5.14. The number of carbonyl (C=O) groups excluding carboxylic acids is 1. The number of aliphatic hydroxyl groups excluding tert-OH is 1. The molecule has 0 atom stereocenters. The van der Waals surface area contributed by atoms with Gasteiger partial charge < -0.3 is 15.7 Å². The summed E-state index contributed by atoms with van der Waals surface area (Å²) in [5, 5.41) is 11.1. The number of rotatable bonds is 5. The minimum absolute atomic E-state index is 0.0247. The van der Waals surface area contributed by atoms with Gasteiger partial charge in [-0.25, -0.2) is 4.98 Å². The molecule has 1 amide bonds. The lowest BCUT2D eigenvalue weighted by molar-refractivity contribution is -0.132. The van der Waals surface area contributed by atoms with Crippen LogP contribution in [-0.2, 0) is 11.2 Å². The van der Waals surface area contributed by atoms with Crippen molar-refractivity contribution in [1.82, 2.24) is 9.88 Å². The summed E-state index contributed by atoms with van der Waals surface area (Å²) in [6.45, 7) is 4.17. The van der Waals surface area contributed by atoms with E-state index in [1.54, 1.807) is 10.3 Å². The van der Waals surface area contributed by atoms with E-state index in [4.69, 9.17) is 10.8 Å². The molecule has 0 bridgehead atoms. The molecule has 16 heavy (non-hydrogen) atoms. The molecule has 90 valence electrons. The van der Waals surface area contributed by atoms with Crippen molar-refractivity contribution in [2.24, 2.45) is 0 Å². The Hall–Kier alpha value is -1.14. The van der Waals surface area contributed by atoms with Gasteiger partial charge in [-0.3, -0.25) is 4.79 Å². The first-order valence-corrected chi connectivity index (χ1v) is 6.02. The van der Waals surface area contributed by atoms with Gasteiger partial charge in [0.15, 0.2) is 5.13 Å². The molecular weight excluding hydrogens is 226 g/mol. The van der Waals surface area contributed by atoms with Crippen LogP contribution in [0.3, 0.4) is 0 Å². The molecule has 0 aliphatic carbocycles. The highest BCUT2D eigenvalue weighted by Crippen LogP contribution is 2.12. The Morgan fingerprint density at radius 1 is 1.69 bits per heavy atom. The second-order valence-corrected chi connectivity index (χ2v) is 4.65. The van der Waals surface area contributed by atoms with Crippen LogP contribution < -0.4 is 5.73 Å². The molecule has 1 heterocycles. The maximum atomic E-state index is 11.9. The predicted octanol–water partition coefficient (Wildman–Crippen LogP) is 0.497. The van der Waals surface area contributed by atoms with Crippen molar-refractivity contribution < 1.29 is 9.90 Å². The van der Waals surface area contributed by atoms with E-state index in [0.29, 0.717) is 17.4 Å². The molecule has 0 spiro atoms. The fourth-order valence-corrected chi connectivity index (χ4v) is 2.00. The lowest BCUT2D eigenvalue weighted by Gasteiger charge is -2.25. The van der Waals surface area contributed by atoms with Gasteiger partial charge in [0.1, 0.15) is 0 Å². The van der Waals surface area contributed by atoms with Gasteiger partial charge in [0.05, 0.1) is 18.7 Å². The Labute approximate surface area is 98.9 Å². The molecule has 0 saturated carbocycles. The Morgan fingerprint density at radius 3 is 2.81 bits per heavy atom. The van der Waals surface area contributed by atoms with Gasteiger partial charge in [-0.05, 0) is 13.8 Å². The number of amides is 1. The molecule has 0 aliphatic heterocycles. The highest BCUT2D eigenvalue weighted by atomic mass is 32.1. The van der Waals surface area contributed by atoms with E-state index in [2.05, 4.69) is 4.98 Å². The first kappa shape index (κ1) is 12.9. The van der Waals surface area contributed by atoms with Crippen LogP contribution in [0, 0.1) is 0 Å². The monoisotopic (exact) mass is 243 g/mol. The molecule has 3 N–H and O–H groups in total. The van der Waals surface area contributed by atoms with Crippen LogP contribution >= 0.6 is 11.3 Å². The maximum absolute atomic E-state index is 11.9. The molecule has 1 aromatic heterocycles. The number of aromatic nitrogens is 1. The number of nitrogens with two attached hydrogens (primary N) is 1. The van der Waals surface area contributed by atoms with Crippen LogP contribution in [0.4, 0.5) is 5.13 Å². The fourth-order valence-electron chi connectivity index (χ4n) is 1.44. The Morgan fingerprint density at radius 2 is 2.38 bits per heavy atom. The average molecular weight is 243 g/mol. The fraction of sp³-hybridized carbons (Fsp3) is 0.600. The van der Waals surface area contributed by atoms with Crippen molar-refractivity contribution >= 4 is 22.4 Å². The zero-order chi connectivity index (χ0) is 12.1. The number of nitrogens with zero attached hydrogens (tertiary/aromatic N) is 2. The number of thiazole rings is 1. The summed E-state index contributed by atoms with van der Waals surface area (Å²) in [7, 11) is 0. The number of anilines is 1. The van der Waals surface area contributed by atoms with E-state index in [1.165, 1.54) is 11.3 Å². The number of nitrogen functional groups attached to an aromatic ring is 1. The Balaban J connectivity index is 2.61. The smallest absolute Gasteiger partial charge is 0.228 e. The third-order valence-electron chi connectivity index (χ3n) is 2.19. The van der Waals surface area contributed by atoms with Crippen molar-refractivity contribution in [3.05, 3.63) is 11.1 Å². The van der Waals surface area contributed by atoms with Crippen molar-refractivity contribution in [3.63, 3.8) is 0 Å². The summed E-state index contributed by atoms with van der Waals surface area (Å²) in [6.07, 6.45) is 0.242. The highest BCUT2D eigenvalue weighted by Gasteiger charge is 2.17. The minimum Gasteiger partial charge on any atom is -0.395 e. The van der Waals surface area contributed by atoms with Crippen molar-refractivity contribution in [1.29, 1.82) is 0 Å². The van der Waals surface area contributed by atoms with E-state index >= 15 is 0 Å². The quantitative estimate of drug-likeness (QED) is 0.789. The normalized spacial score (nSPS) is 10.8. The summed E-state index contributed by atoms with van der Waals surface area (Å²) in [5.41, 5.74) is 6.18. The molecule has 0 radical (unpaired) electrons. The number of carbonyl (C=O) groups is 1. The molecular formula is C10H17N3O2S. The van der Waals surface area contributed by atoms with Gasteiger partial charge in [-0.2, -0.15) is 0 Å². The lowest BCUT2D eigenvalue weighted by Crippen LogP contribution is -2.39. The van der Waals surface area contributed by atoms with Crippen LogP contribution in [0.25, 0.3) is 0 Å². The van der Waals surface area contributed by atoms with Crippen molar-refractivity contribution in [2.45, 2.75) is 26.3 Å². The molecule has 0 aromatic carbocycles. The van der Waals surface area contributed by atoms with Crippen LogP contribution in [0.1, 0.15) is 19.5 Å². The van der Waals surface area contributed by atoms with E-state index in [1.807, 2.05) is 13.8 Å². The standard InChI is InChI=1S/C10H17N3O2S/c1-7(2)13(3-4-14)9(15)5-8-6-16-10(11)12-8/h6-7,14H,3-5H2,1-2H3,(H2,11,12). The van der Waals surface area contributed by atoms with Gasteiger partial charge >= 0.3 is 0 Å². The van der Waals surface area contributed by atoms with Gasteiger partial charge in [0.2, 0.25) is 5.91 Å². The molecule has 0 saturated heterocycles. The topological polar surface area (TPSA) is 79.5 Å². The third-order valence-corrected chi connectivity index (χ3v) is 2.91. The van der Waals surface area contributed by atoms with Crippen LogP contribution in [0.5, 0.6) is 0 Å². The number of aliphatic hydroxyl groups is 1. The third kappa shape index (κ3) is 3.46. The summed E-state index contributed by atoms with van der Waals surface area (Å²) >= 11 is 1.33. The highest BCUT2D eigenvalue weighted by molar-refractivity contribution is 7.13. The van der Waals surface area contributed by atoms with E-state index < -0.39 is 0 Å². The second kappa shape index (κ2) is 5.81. The van der Waals surface area contributed by atoms with E-state index in [-0.39, 0.29) is 25.0 Å². The van der Waals surface area contributed by atoms with Crippen molar-refractivity contribution in [2.75, 3.05) is 18.9 Å². The Bertz CT molecular complexity index is 352. The lowest BCUT2D eigenvalue weighted by atomic mass is 10.2. The summed E-state index contributed by atoms with van der Waals surface area (Å²) in [4.78, 5) is 17.6. The maximum Gasteiger partial charge on any atom is 0.228 e. The minimum atomic E-state index is -0.0330. The van der Waals surface area contributed by atoms with E-state index in [9.17, 15) is 4.79 Å². The van der Waals surface area contributed by atoms with Crippen LogP contribution in [-0.4, -0.2) is 40.1 Å². The van der Waals surface area contributed by atoms with Gasteiger partial charge in [0.25, 0.3) is 0 Å². The zero-order valence-corrected chi connectivity index (χ0v) is 10.3. The van der Waals surface area contributed by atoms with Crippen molar-refractivity contribution in [3.8, 4) is 0 Å². The Kier molecular flexibility index (Phi) is 4.70. The molecule has 0 fully saturated rings. The molecule has 0 unspecified atom stereocenters. The molecule has 0 aliphatic rings. The predicted molar refractivity (Wildman–Crippen MR) is 64.2 cm³/mol. The molecule has 1 aromatic rings. The van der Waals surface area contributed by atoms with Gasteiger partial charge in [-0.1, -0.05) is 0 Å². The van der Waals surface area contributed by atoms with Gasteiger partial charge in [0, 0.05) is 18.0 Å². The summed E-state index contributed by atoms with van der Waals surface area (Å²) in [6, 6.07) is 0.0793. The summed E-state index contributed by atoms with van der Waals surface area (Å²) < 4.78 is 0. The van der Waals surface area contributed by atoms with Crippen LogP contribution in [0.2, 0.25) is 0 Å². The SMILES string of the molecule is CC(C)N(CCO)C(=O)Cc1csc(N)n1.